The predicted octanol–water partition coefficient (Wildman–Crippen LogP) is 2.27. The van der Waals surface area contributed by atoms with Crippen molar-refractivity contribution in [3.8, 4) is 0 Å². The first-order valence-corrected chi connectivity index (χ1v) is 11.2. The third-order valence-corrected chi connectivity index (χ3v) is 6.90. The second kappa shape index (κ2) is 7.61. The number of aliphatic hydroxyl groups excluding tert-OH is 1. The quantitative estimate of drug-likeness (QED) is 0.604. The van der Waals surface area contributed by atoms with Gasteiger partial charge in [-0.25, -0.2) is 4.39 Å². The van der Waals surface area contributed by atoms with Gasteiger partial charge in [-0.3, -0.25) is 4.79 Å². The monoisotopic (exact) mass is 446 g/mol. The molecular formula is C21H23FN4O4S. The molecule has 31 heavy (non-hydrogen) atoms. The lowest BCUT2D eigenvalue weighted by atomic mass is 9.98. The average Bonchev–Trinajstić information content (AvgIpc) is 3.43. The van der Waals surface area contributed by atoms with E-state index in [2.05, 4.69) is 10.1 Å². The minimum Gasteiger partial charge on any atom is -0.395 e. The molecule has 1 aliphatic rings. The number of hydrogen-bond acceptors (Lipinski definition) is 5. The molecule has 10 heteroatoms. The van der Waals surface area contributed by atoms with Crippen LogP contribution < -0.4 is 0 Å². The van der Waals surface area contributed by atoms with E-state index < -0.39 is 21.6 Å². The highest BCUT2D eigenvalue weighted by molar-refractivity contribution is 7.89. The Morgan fingerprint density at radius 1 is 1.29 bits per heavy atom. The van der Waals surface area contributed by atoms with Crippen molar-refractivity contribution in [3.05, 3.63) is 71.3 Å². The molecular weight excluding hydrogens is 423 g/mol. The summed E-state index contributed by atoms with van der Waals surface area (Å²) in [6.07, 6.45) is 2.61. The summed E-state index contributed by atoms with van der Waals surface area (Å²) >= 11 is 0. The third-order valence-electron chi connectivity index (χ3n) is 5.39. The zero-order chi connectivity index (χ0) is 22.4. The number of alkyl halides is 1. The van der Waals surface area contributed by atoms with E-state index in [9.17, 15) is 22.7 Å². The van der Waals surface area contributed by atoms with E-state index in [-0.39, 0.29) is 36.2 Å². The Morgan fingerprint density at radius 2 is 2.00 bits per heavy atom. The molecule has 2 N–H and O–H groups in total. The third kappa shape index (κ3) is 3.88. The van der Waals surface area contributed by atoms with Crippen LogP contribution in [0.4, 0.5) is 4.39 Å². The van der Waals surface area contributed by atoms with Gasteiger partial charge in [0.15, 0.2) is 0 Å². The lowest BCUT2D eigenvalue weighted by molar-refractivity contribution is -0.134. The number of halogens is 1. The van der Waals surface area contributed by atoms with Crippen molar-refractivity contribution in [2.24, 2.45) is 0 Å². The Bertz CT molecular complexity index is 1190. The SMILES string of the molecule is CC(C)(F)c1cc(S(=O)(=O)n2cc3c(n2)CN(C(=O)[C@H](CO)c2ccccc2)C3)c[nH]1. The number of nitrogens with zero attached hydrogens (tertiary/aromatic N) is 3. The van der Waals surface area contributed by atoms with Crippen LogP contribution in [0.15, 0.2) is 53.7 Å². The normalized spacial score (nSPS) is 15.2. The molecule has 0 aliphatic carbocycles. The van der Waals surface area contributed by atoms with E-state index in [1.54, 1.807) is 29.2 Å². The molecule has 4 rings (SSSR count). The number of aliphatic hydroxyl groups is 1. The average molecular weight is 447 g/mol. The van der Waals surface area contributed by atoms with Gasteiger partial charge in [0.1, 0.15) is 10.6 Å². The second-order valence-corrected chi connectivity index (χ2v) is 9.84. The van der Waals surface area contributed by atoms with Crippen LogP contribution in [-0.2, 0) is 33.6 Å². The molecule has 0 unspecified atom stereocenters. The second-order valence-electron chi connectivity index (χ2n) is 8.04. The van der Waals surface area contributed by atoms with Crippen LogP contribution in [0.5, 0.6) is 0 Å². The minimum absolute atomic E-state index is 0.0910. The molecule has 2 aromatic heterocycles. The molecule has 0 bridgehead atoms. The van der Waals surface area contributed by atoms with Crippen LogP contribution in [0.25, 0.3) is 0 Å². The number of amides is 1. The molecule has 3 aromatic rings. The number of benzene rings is 1. The molecule has 3 heterocycles. The number of rotatable bonds is 6. The summed E-state index contributed by atoms with van der Waals surface area (Å²) in [4.78, 5) is 17.0. The number of nitrogens with one attached hydrogen (secondary N) is 1. The Kier molecular flexibility index (Phi) is 5.22. The fourth-order valence-electron chi connectivity index (χ4n) is 3.61. The van der Waals surface area contributed by atoms with Gasteiger partial charge in [0.05, 0.1) is 30.5 Å². The van der Waals surface area contributed by atoms with Crippen LogP contribution in [-0.4, -0.2) is 45.1 Å². The summed E-state index contributed by atoms with van der Waals surface area (Å²) in [5.41, 5.74) is 0.249. The molecule has 164 valence electrons. The van der Waals surface area contributed by atoms with Crippen LogP contribution in [0.3, 0.4) is 0 Å². The molecule has 8 nitrogen and oxygen atoms in total. The standard InChI is InChI=1S/C21H23FN4O4S/c1-21(2,22)19-8-16(9-23-19)31(29,30)26-11-15-10-25(12-18(15)24-26)20(28)17(13-27)14-6-4-3-5-7-14/h3-9,11,17,23,27H,10,12-13H2,1-2H3/t17-/m1/s1. The zero-order valence-corrected chi connectivity index (χ0v) is 17.9. The number of aromatic nitrogens is 3. The highest BCUT2D eigenvalue weighted by Crippen LogP contribution is 2.29. The number of hydrogen-bond donors (Lipinski definition) is 2. The first-order chi connectivity index (χ1) is 14.6. The van der Waals surface area contributed by atoms with Crippen molar-refractivity contribution in [1.29, 1.82) is 0 Å². The van der Waals surface area contributed by atoms with Crippen LogP contribution in [0.2, 0.25) is 0 Å². The topological polar surface area (TPSA) is 108 Å². The van der Waals surface area contributed by atoms with E-state index in [0.717, 1.165) is 4.09 Å². The highest BCUT2D eigenvalue weighted by atomic mass is 32.2. The summed E-state index contributed by atoms with van der Waals surface area (Å²) in [6.45, 7) is 2.68. The summed E-state index contributed by atoms with van der Waals surface area (Å²) in [5.74, 6) is -0.940. The van der Waals surface area contributed by atoms with Crippen molar-refractivity contribution >= 4 is 15.9 Å². The maximum Gasteiger partial charge on any atom is 0.284 e. The van der Waals surface area contributed by atoms with Gasteiger partial charge < -0.3 is 15.0 Å². The van der Waals surface area contributed by atoms with Gasteiger partial charge >= 0.3 is 0 Å². The summed E-state index contributed by atoms with van der Waals surface area (Å²) < 4.78 is 40.7. The van der Waals surface area contributed by atoms with Crippen LogP contribution in [0, 0.1) is 0 Å². The summed E-state index contributed by atoms with van der Waals surface area (Å²) in [5, 5.41) is 13.9. The lowest BCUT2D eigenvalue weighted by Gasteiger charge is -2.22. The lowest BCUT2D eigenvalue weighted by Crippen LogP contribution is -2.33. The van der Waals surface area contributed by atoms with Crippen molar-refractivity contribution in [2.45, 2.75) is 43.4 Å². The van der Waals surface area contributed by atoms with Gasteiger partial charge in [0.25, 0.3) is 10.0 Å². The van der Waals surface area contributed by atoms with E-state index in [4.69, 9.17) is 0 Å². The fraction of sp³-hybridized carbons (Fsp3) is 0.333. The first-order valence-electron chi connectivity index (χ1n) is 9.76. The van der Waals surface area contributed by atoms with Gasteiger partial charge in [-0.2, -0.15) is 17.6 Å². The van der Waals surface area contributed by atoms with Gasteiger partial charge in [0.2, 0.25) is 5.91 Å². The first kappa shape index (κ1) is 21.3. The van der Waals surface area contributed by atoms with Crippen molar-refractivity contribution < 1.29 is 22.7 Å². The Morgan fingerprint density at radius 3 is 2.58 bits per heavy atom. The number of carbonyl (C=O) groups is 1. The maximum atomic E-state index is 14.1. The molecule has 0 fully saturated rings. The molecule has 1 amide bonds. The molecule has 0 spiro atoms. The Balaban J connectivity index is 1.53. The van der Waals surface area contributed by atoms with Crippen LogP contribution in [0.1, 0.15) is 42.3 Å². The fourth-order valence-corrected chi connectivity index (χ4v) is 4.78. The molecule has 1 aliphatic heterocycles. The van der Waals surface area contributed by atoms with Crippen molar-refractivity contribution in [2.75, 3.05) is 6.61 Å². The number of H-pyrrole nitrogens is 1. The maximum absolute atomic E-state index is 14.1. The van der Waals surface area contributed by atoms with E-state index in [1.165, 1.54) is 32.3 Å². The Hall–Kier alpha value is -2.98. The van der Waals surface area contributed by atoms with Gasteiger partial charge in [-0.1, -0.05) is 30.3 Å². The summed E-state index contributed by atoms with van der Waals surface area (Å²) in [6, 6.07) is 10.3. The summed E-state index contributed by atoms with van der Waals surface area (Å²) in [7, 11) is -3.99. The predicted molar refractivity (Wildman–Crippen MR) is 110 cm³/mol. The van der Waals surface area contributed by atoms with E-state index in [0.29, 0.717) is 16.8 Å². The Labute approximate surface area is 179 Å². The molecule has 0 saturated heterocycles. The van der Waals surface area contributed by atoms with Gasteiger partial charge in [-0.15, -0.1) is 0 Å². The molecule has 0 saturated carbocycles. The molecule has 1 atom stereocenters. The van der Waals surface area contributed by atoms with Gasteiger partial charge in [-0.05, 0) is 25.5 Å². The van der Waals surface area contributed by atoms with Crippen molar-refractivity contribution in [3.63, 3.8) is 0 Å². The zero-order valence-electron chi connectivity index (χ0n) is 17.1. The van der Waals surface area contributed by atoms with Crippen molar-refractivity contribution in [1.82, 2.24) is 19.1 Å². The number of carbonyl (C=O) groups excluding carboxylic acids is 1. The minimum atomic E-state index is -3.99. The smallest absolute Gasteiger partial charge is 0.284 e. The van der Waals surface area contributed by atoms with E-state index in [1.807, 2.05) is 6.07 Å². The highest BCUT2D eigenvalue weighted by Gasteiger charge is 2.33. The molecule has 0 radical (unpaired) electrons. The number of fused-ring (bicyclic) bond motifs is 1. The van der Waals surface area contributed by atoms with Gasteiger partial charge in [0, 0.05) is 24.5 Å². The van der Waals surface area contributed by atoms with Crippen LogP contribution >= 0.6 is 0 Å². The largest absolute Gasteiger partial charge is 0.395 e. The van der Waals surface area contributed by atoms with E-state index >= 15 is 0 Å². The molecule has 1 aromatic carbocycles. The number of aromatic amines is 1.